The van der Waals surface area contributed by atoms with Gasteiger partial charge in [0.05, 0.1) is 12.5 Å². The van der Waals surface area contributed by atoms with E-state index in [-0.39, 0.29) is 0 Å². The highest BCUT2D eigenvalue weighted by molar-refractivity contribution is 14.1. The van der Waals surface area contributed by atoms with Crippen molar-refractivity contribution in [2.75, 3.05) is 0 Å². The number of halogens is 1. The van der Waals surface area contributed by atoms with E-state index in [4.69, 9.17) is 5.26 Å². The van der Waals surface area contributed by atoms with Gasteiger partial charge in [-0.15, -0.1) is 24.0 Å². The third-order valence-corrected chi connectivity index (χ3v) is 4.52. The van der Waals surface area contributed by atoms with Gasteiger partial charge in [0.1, 0.15) is 0 Å². The van der Waals surface area contributed by atoms with Crippen molar-refractivity contribution in [3.05, 3.63) is 26.6 Å². The Balaban J connectivity index is 2.73. The number of thiol groups is 1. The third kappa shape index (κ3) is 1.76. The summed E-state index contributed by atoms with van der Waals surface area (Å²) in [7, 11) is 0. The Kier molecular flexibility index (Phi) is 3.00. The molecular weight excluding hydrogens is 325 g/mol. The molecule has 0 aliphatic carbocycles. The van der Waals surface area contributed by atoms with Crippen LogP contribution in [0.1, 0.15) is 5.56 Å². The van der Waals surface area contributed by atoms with Gasteiger partial charge in [0.25, 0.3) is 0 Å². The van der Waals surface area contributed by atoms with Crippen LogP contribution in [0, 0.1) is 14.9 Å². The molecule has 2 aromatic rings. The second-order valence-electron chi connectivity index (χ2n) is 2.90. The minimum absolute atomic E-state index is 0.479. The number of thiophene rings is 1. The molecule has 0 saturated heterocycles. The molecule has 14 heavy (non-hydrogen) atoms. The van der Waals surface area contributed by atoms with Crippen LogP contribution in [0.15, 0.2) is 22.4 Å². The number of benzene rings is 1. The van der Waals surface area contributed by atoms with E-state index >= 15 is 0 Å². The Morgan fingerprint density at radius 1 is 1.50 bits per heavy atom. The van der Waals surface area contributed by atoms with Crippen molar-refractivity contribution >= 4 is 56.6 Å². The average molecular weight is 331 g/mol. The van der Waals surface area contributed by atoms with Crippen molar-refractivity contribution in [3.8, 4) is 6.07 Å². The Hall–Kier alpha value is -0.250. The molecule has 0 atom stereocenters. The number of hydrogen-bond donors (Lipinski definition) is 1. The highest BCUT2D eigenvalue weighted by atomic mass is 127. The van der Waals surface area contributed by atoms with E-state index in [1.54, 1.807) is 11.3 Å². The summed E-state index contributed by atoms with van der Waals surface area (Å²) in [6, 6.07) is 6.25. The zero-order chi connectivity index (χ0) is 10.1. The molecule has 0 spiro atoms. The molecule has 1 heterocycles. The van der Waals surface area contributed by atoms with Crippen molar-refractivity contribution in [2.24, 2.45) is 0 Å². The molecule has 4 heteroatoms. The molecule has 0 aliphatic rings. The second kappa shape index (κ2) is 4.09. The standard InChI is InChI=1S/C10H6INS2/c11-9-4-7(13)3-8-6(1-2-12)5-14-10(8)9/h3-5,13H,1H2. The lowest BCUT2D eigenvalue weighted by Gasteiger charge is -1.98. The van der Waals surface area contributed by atoms with Crippen LogP contribution in [-0.2, 0) is 6.42 Å². The van der Waals surface area contributed by atoms with Gasteiger partial charge in [0, 0.05) is 13.2 Å². The highest BCUT2D eigenvalue weighted by Crippen LogP contribution is 2.32. The lowest BCUT2D eigenvalue weighted by molar-refractivity contribution is 1.30. The zero-order valence-corrected chi connectivity index (χ0v) is 11.0. The number of nitrogens with zero attached hydrogens (tertiary/aromatic N) is 1. The molecule has 1 nitrogen and oxygen atoms in total. The van der Waals surface area contributed by atoms with Gasteiger partial charge < -0.3 is 0 Å². The molecule has 0 N–H and O–H groups in total. The summed E-state index contributed by atoms with van der Waals surface area (Å²) in [5.41, 5.74) is 1.11. The predicted molar refractivity (Wildman–Crippen MR) is 71.1 cm³/mol. The minimum Gasteiger partial charge on any atom is -0.198 e. The van der Waals surface area contributed by atoms with Crippen LogP contribution < -0.4 is 0 Å². The van der Waals surface area contributed by atoms with E-state index in [1.807, 2.05) is 12.1 Å². The Labute approximate surface area is 105 Å². The van der Waals surface area contributed by atoms with Crippen molar-refractivity contribution < 1.29 is 0 Å². The molecule has 1 aromatic heterocycles. The van der Waals surface area contributed by atoms with Gasteiger partial charge in [-0.3, -0.25) is 0 Å². The fraction of sp³-hybridized carbons (Fsp3) is 0.100. The zero-order valence-electron chi connectivity index (χ0n) is 7.12. The van der Waals surface area contributed by atoms with Gasteiger partial charge in [-0.1, -0.05) is 0 Å². The van der Waals surface area contributed by atoms with Crippen LogP contribution in [0.2, 0.25) is 0 Å². The summed E-state index contributed by atoms with van der Waals surface area (Å²) in [5.74, 6) is 0. The van der Waals surface area contributed by atoms with Crippen LogP contribution >= 0.6 is 46.6 Å². The lowest BCUT2D eigenvalue weighted by Crippen LogP contribution is -1.79. The third-order valence-electron chi connectivity index (χ3n) is 1.96. The van der Waals surface area contributed by atoms with Gasteiger partial charge in [-0.25, -0.2) is 0 Å². The van der Waals surface area contributed by atoms with Crippen LogP contribution in [-0.4, -0.2) is 0 Å². The molecule has 1 aromatic carbocycles. The summed E-state index contributed by atoms with van der Waals surface area (Å²) >= 11 is 8.34. The van der Waals surface area contributed by atoms with E-state index < -0.39 is 0 Å². The lowest BCUT2D eigenvalue weighted by atomic mass is 10.1. The predicted octanol–water partition coefficient (Wildman–Crippen LogP) is 3.86. The van der Waals surface area contributed by atoms with E-state index in [0.29, 0.717) is 6.42 Å². The first kappa shape index (κ1) is 10.3. The van der Waals surface area contributed by atoms with Crippen LogP contribution in [0.5, 0.6) is 0 Å². The maximum absolute atomic E-state index is 8.67. The molecule has 0 radical (unpaired) electrons. The fourth-order valence-corrected chi connectivity index (χ4v) is 3.82. The SMILES string of the molecule is N#CCc1csc2c(I)cc(S)cc12. The van der Waals surface area contributed by atoms with Crippen molar-refractivity contribution in [1.29, 1.82) is 5.26 Å². The average Bonchev–Trinajstić information content (AvgIpc) is 2.49. The normalized spacial score (nSPS) is 10.4. The molecule has 0 unspecified atom stereocenters. The minimum atomic E-state index is 0.479. The van der Waals surface area contributed by atoms with E-state index in [1.165, 1.54) is 13.7 Å². The first-order valence-electron chi connectivity index (χ1n) is 3.98. The number of nitriles is 1. The summed E-state index contributed by atoms with van der Waals surface area (Å²) in [6.07, 6.45) is 0.479. The number of rotatable bonds is 1. The summed E-state index contributed by atoms with van der Waals surface area (Å²) in [4.78, 5) is 0.958. The molecule has 0 bridgehead atoms. The second-order valence-corrected chi connectivity index (χ2v) is 5.46. The summed E-state index contributed by atoms with van der Waals surface area (Å²) < 4.78 is 2.47. The molecule has 0 saturated carbocycles. The molecule has 2 rings (SSSR count). The molecule has 70 valence electrons. The van der Waals surface area contributed by atoms with Crippen molar-refractivity contribution in [2.45, 2.75) is 11.3 Å². The summed E-state index contributed by atoms with van der Waals surface area (Å²) in [5, 5.41) is 11.9. The maximum Gasteiger partial charge on any atom is 0.0670 e. The van der Waals surface area contributed by atoms with Crippen molar-refractivity contribution in [3.63, 3.8) is 0 Å². The molecule has 0 fully saturated rings. The first-order chi connectivity index (χ1) is 6.72. The molecular formula is C10H6INS2. The van der Waals surface area contributed by atoms with Gasteiger partial charge in [0.2, 0.25) is 0 Å². The smallest absolute Gasteiger partial charge is 0.0670 e. The Morgan fingerprint density at radius 3 is 3.00 bits per heavy atom. The van der Waals surface area contributed by atoms with E-state index in [0.717, 1.165) is 10.5 Å². The molecule has 0 aliphatic heterocycles. The van der Waals surface area contributed by atoms with E-state index in [2.05, 4.69) is 46.7 Å². The number of hydrogen-bond acceptors (Lipinski definition) is 3. The largest absolute Gasteiger partial charge is 0.198 e. The maximum atomic E-state index is 8.67. The van der Waals surface area contributed by atoms with Gasteiger partial charge in [-0.2, -0.15) is 5.26 Å². The van der Waals surface area contributed by atoms with Crippen LogP contribution in [0.4, 0.5) is 0 Å². The van der Waals surface area contributed by atoms with Crippen molar-refractivity contribution in [1.82, 2.24) is 0 Å². The highest BCUT2D eigenvalue weighted by Gasteiger charge is 2.07. The van der Waals surface area contributed by atoms with Gasteiger partial charge in [-0.05, 0) is 51.1 Å². The quantitative estimate of drug-likeness (QED) is 0.623. The van der Waals surface area contributed by atoms with Crippen LogP contribution in [0.25, 0.3) is 10.1 Å². The van der Waals surface area contributed by atoms with Gasteiger partial charge >= 0.3 is 0 Å². The fourth-order valence-electron chi connectivity index (χ4n) is 1.35. The monoisotopic (exact) mass is 331 g/mol. The Bertz CT molecular complexity index is 525. The number of fused-ring (bicyclic) bond motifs is 1. The Morgan fingerprint density at radius 2 is 2.29 bits per heavy atom. The summed E-state index contributed by atoms with van der Waals surface area (Å²) in [6.45, 7) is 0. The van der Waals surface area contributed by atoms with Crippen LogP contribution in [0.3, 0.4) is 0 Å². The van der Waals surface area contributed by atoms with E-state index in [9.17, 15) is 0 Å². The first-order valence-corrected chi connectivity index (χ1v) is 6.38. The topological polar surface area (TPSA) is 23.8 Å². The van der Waals surface area contributed by atoms with Gasteiger partial charge in [0.15, 0.2) is 0 Å². The molecule has 0 amide bonds.